The van der Waals surface area contributed by atoms with E-state index in [1.54, 1.807) is 6.92 Å². The van der Waals surface area contributed by atoms with E-state index >= 15 is 0 Å². The van der Waals surface area contributed by atoms with E-state index in [9.17, 15) is 19.8 Å². The van der Waals surface area contributed by atoms with Crippen LogP contribution in [0, 0.1) is 45.8 Å². The number of carboxylic acids is 1. The van der Waals surface area contributed by atoms with E-state index in [1.807, 2.05) is 13.8 Å². The number of carbonyl (C=O) groups is 2. The predicted molar refractivity (Wildman–Crippen MR) is 105 cm³/mol. The molecule has 4 aliphatic carbocycles. The van der Waals surface area contributed by atoms with Crippen LogP contribution >= 0.6 is 0 Å². The molecule has 4 bridgehead atoms. The Balaban J connectivity index is 1.90. The fourth-order valence-corrected chi connectivity index (χ4v) is 8.05. The van der Waals surface area contributed by atoms with Gasteiger partial charge in [0, 0.05) is 5.41 Å². The van der Waals surface area contributed by atoms with E-state index in [0.717, 1.165) is 31.1 Å². The number of allylic oxidation sites excluding steroid dienone is 1. The van der Waals surface area contributed by atoms with Gasteiger partial charge in [-0.15, -0.1) is 0 Å². The second kappa shape index (κ2) is 6.40. The molecule has 156 valence electrons. The molecular formula is C23H34O5. The monoisotopic (exact) mass is 390 g/mol. The molecule has 4 rings (SSSR count). The molecule has 7 unspecified atom stereocenters. The predicted octanol–water partition coefficient (Wildman–Crippen LogP) is 3.31. The first kappa shape index (κ1) is 20.1. The summed E-state index contributed by atoms with van der Waals surface area (Å²) in [6.07, 6.45) is 6.07. The van der Waals surface area contributed by atoms with Gasteiger partial charge in [0.1, 0.15) is 11.7 Å². The summed E-state index contributed by atoms with van der Waals surface area (Å²) in [7, 11) is 0. The fourth-order valence-electron chi connectivity index (χ4n) is 8.05. The molecule has 5 heteroatoms. The topological polar surface area (TPSA) is 83.8 Å². The van der Waals surface area contributed by atoms with Crippen LogP contribution in [0.3, 0.4) is 0 Å². The lowest BCUT2D eigenvalue weighted by Gasteiger charge is -2.58. The summed E-state index contributed by atoms with van der Waals surface area (Å²) in [6, 6.07) is 0. The number of hydrogen-bond acceptors (Lipinski definition) is 4. The van der Waals surface area contributed by atoms with Crippen LogP contribution < -0.4 is 0 Å². The van der Waals surface area contributed by atoms with Crippen molar-refractivity contribution >= 4 is 12.3 Å². The lowest BCUT2D eigenvalue weighted by Crippen LogP contribution is -2.63. The lowest BCUT2D eigenvalue weighted by molar-refractivity contribution is -0.187. The first-order chi connectivity index (χ1) is 13.2. The smallest absolute Gasteiger partial charge is 0.315 e. The standard InChI is InChI=1S/C23H34O5/c1-13(2)19-7-16-8-21(11-24)18-6-5-14(3)17(18)9-22(16,12-28-10-15(4)25)23(19,21)20(26)27/h7,11,13-18,25H,5-6,8-10,12H2,1-4H3,(H,26,27)/t14?,15-,16?,17?,18?,21?,22?,23?/m0/s1. The quantitative estimate of drug-likeness (QED) is 0.515. The zero-order valence-electron chi connectivity index (χ0n) is 17.5. The molecule has 8 atom stereocenters. The van der Waals surface area contributed by atoms with Crippen LogP contribution in [-0.2, 0) is 14.3 Å². The molecule has 0 spiro atoms. The molecule has 5 nitrogen and oxygen atoms in total. The second-order valence-electron chi connectivity index (χ2n) is 10.4. The average Bonchev–Trinajstić information content (AvgIpc) is 3.18. The molecule has 2 N–H and O–H groups in total. The number of carboxylic acid groups (broad SMARTS) is 1. The number of aliphatic hydroxyl groups is 1. The van der Waals surface area contributed by atoms with Crippen LogP contribution in [0.25, 0.3) is 0 Å². The Morgan fingerprint density at radius 1 is 1.32 bits per heavy atom. The Labute approximate surface area is 167 Å². The van der Waals surface area contributed by atoms with E-state index in [4.69, 9.17) is 4.74 Å². The summed E-state index contributed by atoms with van der Waals surface area (Å²) in [5, 5.41) is 20.5. The SMILES string of the molecule is CC(C)C1=CC2CC3(C=O)C4CCC(C)C4CC2(COC[C@H](C)O)C13C(=O)O. The van der Waals surface area contributed by atoms with E-state index in [2.05, 4.69) is 13.0 Å². The van der Waals surface area contributed by atoms with Gasteiger partial charge >= 0.3 is 5.97 Å². The molecule has 0 heterocycles. The Hall–Kier alpha value is -1.20. The minimum atomic E-state index is -1.18. The van der Waals surface area contributed by atoms with Crippen LogP contribution in [0.15, 0.2) is 11.6 Å². The largest absolute Gasteiger partial charge is 0.481 e. The minimum Gasteiger partial charge on any atom is -0.481 e. The highest BCUT2D eigenvalue weighted by molar-refractivity contribution is 5.90. The summed E-state index contributed by atoms with van der Waals surface area (Å²) < 4.78 is 5.95. The summed E-state index contributed by atoms with van der Waals surface area (Å²) in [4.78, 5) is 26.0. The van der Waals surface area contributed by atoms with Crippen molar-refractivity contribution in [2.75, 3.05) is 13.2 Å². The molecule has 0 aromatic carbocycles. The number of aliphatic hydroxyl groups excluding tert-OH is 1. The van der Waals surface area contributed by atoms with Gasteiger partial charge in [0.15, 0.2) is 0 Å². The average molecular weight is 391 g/mol. The van der Waals surface area contributed by atoms with Crippen molar-refractivity contribution in [3.05, 3.63) is 11.6 Å². The summed E-state index contributed by atoms with van der Waals surface area (Å²) in [6.45, 7) is 8.52. The highest BCUT2D eigenvalue weighted by Crippen LogP contribution is 2.82. The third kappa shape index (κ3) is 2.10. The highest BCUT2D eigenvalue weighted by atomic mass is 16.5. The van der Waals surface area contributed by atoms with Crippen molar-refractivity contribution in [3.63, 3.8) is 0 Å². The molecule has 3 fully saturated rings. The van der Waals surface area contributed by atoms with Crippen molar-refractivity contribution in [2.24, 2.45) is 45.8 Å². The summed E-state index contributed by atoms with van der Waals surface area (Å²) >= 11 is 0. The van der Waals surface area contributed by atoms with Crippen LogP contribution in [-0.4, -0.2) is 41.8 Å². The summed E-state index contributed by atoms with van der Waals surface area (Å²) in [5.41, 5.74) is -1.67. The number of rotatable bonds is 7. The van der Waals surface area contributed by atoms with Crippen LogP contribution in [0.4, 0.5) is 0 Å². The lowest BCUT2D eigenvalue weighted by atomic mass is 9.43. The third-order valence-electron chi connectivity index (χ3n) is 8.84. The van der Waals surface area contributed by atoms with E-state index < -0.39 is 28.3 Å². The van der Waals surface area contributed by atoms with Gasteiger partial charge in [-0.25, -0.2) is 0 Å². The van der Waals surface area contributed by atoms with E-state index in [1.165, 1.54) is 0 Å². The molecule has 0 radical (unpaired) electrons. The number of ether oxygens (including phenoxy) is 1. The van der Waals surface area contributed by atoms with E-state index in [0.29, 0.717) is 24.9 Å². The molecule has 28 heavy (non-hydrogen) atoms. The number of carbonyl (C=O) groups excluding carboxylic acids is 1. The molecule has 0 aromatic heterocycles. The fraction of sp³-hybridized carbons (Fsp3) is 0.826. The van der Waals surface area contributed by atoms with Crippen molar-refractivity contribution < 1.29 is 24.5 Å². The Bertz CT molecular complexity index is 712. The van der Waals surface area contributed by atoms with Gasteiger partial charge in [-0.1, -0.05) is 38.8 Å². The minimum absolute atomic E-state index is 0.0537. The van der Waals surface area contributed by atoms with Crippen molar-refractivity contribution in [1.29, 1.82) is 0 Å². The Morgan fingerprint density at radius 3 is 2.61 bits per heavy atom. The van der Waals surface area contributed by atoms with Gasteiger partial charge < -0.3 is 19.7 Å². The number of fused-ring (bicyclic) bond motifs is 2. The van der Waals surface area contributed by atoms with Crippen LogP contribution in [0.5, 0.6) is 0 Å². The van der Waals surface area contributed by atoms with Gasteiger partial charge in [0.25, 0.3) is 0 Å². The maximum absolute atomic E-state index is 13.1. The number of hydrogen-bond donors (Lipinski definition) is 2. The highest BCUT2D eigenvalue weighted by Gasteiger charge is 2.84. The third-order valence-corrected chi connectivity index (χ3v) is 8.84. The van der Waals surface area contributed by atoms with Crippen molar-refractivity contribution in [1.82, 2.24) is 0 Å². The van der Waals surface area contributed by atoms with Crippen molar-refractivity contribution in [3.8, 4) is 0 Å². The van der Waals surface area contributed by atoms with Gasteiger partial charge in [-0.3, -0.25) is 4.79 Å². The summed E-state index contributed by atoms with van der Waals surface area (Å²) in [5.74, 6) is 0.307. The van der Waals surface area contributed by atoms with Crippen LogP contribution in [0.1, 0.15) is 53.4 Å². The van der Waals surface area contributed by atoms with Crippen molar-refractivity contribution in [2.45, 2.75) is 59.5 Å². The Kier molecular flexibility index (Phi) is 4.59. The van der Waals surface area contributed by atoms with Crippen LogP contribution in [0.2, 0.25) is 0 Å². The van der Waals surface area contributed by atoms with Gasteiger partial charge in [0.05, 0.1) is 24.7 Å². The molecule has 0 saturated heterocycles. The zero-order valence-corrected chi connectivity index (χ0v) is 17.5. The molecule has 0 amide bonds. The maximum atomic E-state index is 13.1. The maximum Gasteiger partial charge on any atom is 0.315 e. The molecule has 0 aliphatic heterocycles. The first-order valence-electron chi connectivity index (χ1n) is 10.9. The molecule has 4 aliphatic rings. The zero-order chi connectivity index (χ0) is 20.5. The van der Waals surface area contributed by atoms with Gasteiger partial charge in [-0.05, 0) is 55.8 Å². The molecular weight excluding hydrogens is 356 g/mol. The second-order valence-corrected chi connectivity index (χ2v) is 10.4. The number of aldehydes is 1. The molecule has 0 aromatic rings. The Morgan fingerprint density at radius 2 is 2.04 bits per heavy atom. The van der Waals surface area contributed by atoms with E-state index in [-0.39, 0.29) is 24.4 Å². The normalized spacial score (nSPS) is 47.1. The molecule has 3 saturated carbocycles. The number of aliphatic carboxylic acids is 1. The van der Waals surface area contributed by atoms with Gasteiger partial charge in [-0.2, -0.15) is 0 Å². The first-order valence-corrected chi connectivity index (χ1v) is 10.9. The van der Waals surface area contributed by atoms with Gasteiger partial charge in [0.2, 0.25) is 0 Å².